The predicted molar refractivity (Wildman–Crippen MR) is 120 cm³/mol. The summed E-state index contributed by atoms with van der Waals surface area (Å²) < 4.78 is 1.33. The first-order chi connectivity index (χ1) is 14.5. The molecule has 2 aromatic carbocycles. The van der Waals surface area contributed by atoms with Gasteiger partial charge in [0.2, 0.25) is 5.95 Å². The Morgan fingerprint density at radius 3 is 2.57 bits per heavy atom. The third-order valence-electron chi connectivity index (χ3n) is 4.79. The molecule has 30 heavy (non-hydrogen) atoms. The van der Waals surface area contributed by atoms with E-state index in [1.165, 1.54) is 16.1 Å². The van der Waals surface area contributed by atoms with Gasteiger partial charge in [0.05, 0.1) is 12.2 Å². The summed E-state index contributed by atoms with van der Waals surface area (Å²) in [4.78, 5) is 21.3. The van der Waals surface area contributed by atoms with Gasteiger partial charge in [0.25, 0.3) is 11.3 Å². The molecule has 2 heterocycles. The third-order valence-corrected chi connectivity index (χ3v) is 5.02. The zero-order valence-corrected chi connectivity index (χ0v) is 17.6. The Kier molecular flexibility index (Phi) is 5.72. The minimum atomic E-state index is -0.218. The van der Waals surface area contributed by atoms with Crippen molar-refractivity contribution in [3.63, 3.8) is 0 Å². The summed E-state index contributed by atoms with van der Waals surface area (Å²) >= 11 is 6.00. The van der Waals surface area contributed by atoms with Crippen molar-refractivity contribution >= 4 is 29.0 Å². The smallest absolute Gasteiger partial charge is 0.274 e. The van der Waals surface area contributed by atoms with E-state index >= 15 is 0 Å². The van der Waals surface area contributed by atoms with Crippen molar-refractivity contribution in [1.29, 1.82) is 0 Å². The van der Waals surface area contributed by atoms with Crippen molar-refractivity contribution in [2.75, 3.05) is 10.6 Å². The summed E-state index contributed by atoms with van der Waals surface area (Å²) in [6.45, 7) is 5.33. The number of hydrogen-bond acceptors (Lipinski definition) is 5. The molecule has 0 atom stereocenters. The van der Waals surface area contributed by atoms with Gasteiger partial charge >= 0.3 is 0 Å². The lowest BCUT2D eigenvalue weighted by Gasteiger charge is -2.07. The molecule has 0 bridgehead atoms. The molecule has 0 amide bonds. The van der Waals surface area contributed by atoms with Crippen molar-refractivity contribution < 1.29 is 0 Å². The van der Waals surface area contributed by atoms with Gasteiger partial charge in [0.15, 0.2) is 0 Å². The average molecular weight is 423 g/mol. The third kappa shape index (κ3) is 4.63. The lowest BCUT2D eigenvalue weighted by atomic mass is 10.0. The van der Waals surface area contributed by atoms with Crippen LogP contribution in [0.2, 0.25) is 5.02 Å². The van der Waals surface area contributed by atoms with Crippen LogP contribution in [-0.4, -0.2) is 19.6 Å². The zero-order valence-electron chi connectivity index (χ0n) is 16.8. The zero-order chi connectivity index (χ0) is 21.1. The van der Waals surface area contributed by atoms with Gasteiger partial charge in [0, 0.05) is 23.3 Å². The van der Waals surface area contributed by atoms with E-state index in [1.54, 1.807) is 6.07 Å². The molecule has 8 heteroatoms. The molecule has 0 saturated heterocycles. The van der Waals surface area contributed by atoms with E-state index in [2.05, 4.69) is 63.8 Å². The van der Waals surface area contributed by atoms with E-state index in [-0.39, 0.29) is 5.56 Å². The van der Waals surface area contributed by atoms with Crippen LogP contribution >= 0.6 is 11.6 Å². The molecule has 0 unspecified atom stereocenters. The lowest BCUT2D eigenvalue weighted by Crippen LogP contribution is -2.17. The van der Waals surface area contributed by atoms with Gasteiger partial charge in [-0.05, 0) is 35.2 Å². The quantitative estimate of drug-likeness (QED) is 0.410. The van der Waals surface area contributed by atoms with Crippen LogP contribution in [0.15, 0.2) is 59.4 Å². The Labute approximate surface area is 179 Å². The summed E-state index contributed by atoms with van der Waals surface area (Å²) in [6, 6.07) is 17.3. The Hall–Kier alpha value is -3.32. The number of anilines is 2. The fourth-order valence-electron chi connectivity index (χ4n) is 3.09. The normalized spacial score (nSPS) is 11.2. The topological polar surface area (TPSA) is 87.1 Å². The maximum absolute atomic E-state index is 12.4. The van der Waals surface area contributed by atoms with Gasteiger partial charge in [-0.15, -0.1) is 0 Å². The Morgan fingerprint density at radius 2 is 1.83 bits per heavy atom. The molecular weight excluding hydrogens is 400 g/mol. The van der Waals surface area contributed by atoms with Crippen LogP contribution in [0.1, 0.15) is 36.6 Å². The predicted octanol–water partition coefficient (Wildman–Crippen LogP) is 4.42. The van der Waals surface area contributed by atoms with E-state index in [0.29, 0.717) is 41.4 Å². The maximum atomic E-state index is 12.4. The number of nitrogens with zero attached hydrogens (tertiary/aromatic N) is 3. The van der Waals surface area contributed by atoms with Gasteiger partial charge in [-0.2, -0.15) is 9.50 Å². The number of fused-ring (bicyclic) bond motifs is 1. The molecule has 0 aliphatic rings. The molecule has 0 aliphatic carbocycles. The van der Waals surface area contributed by atoms with Crippen LogP contribution in [0.3, 0.4) is 0 Å². The van der Waals surface area contributed by atoms with E-state index in [9.17, 15) is 4.79 Å². The monoisotopic (exact) mass is 422 g/mol. The number of aromatic nitrogens is 4. The minimum Gasteiger partial charge on any atom is -0.379 e. The van der Waals surface area contributed by atoms with E-state index in [0.717, 1.165) is 11.3 Å². The van der Waals surface area contributed by atoms with Crippen molar-refractivity contribution in [1.82, 2.24) is 19.6 Å². The summed E-state index contributed by atoms with van der Waals surface area (Å²) in [5.74, 6) is 1.32. The molecule has 4 rings (SSSR count). The Morgan fingerprint density at radius 1 is 1.03 bits per heavy atom. The fraction of sp³-hybridized carbons (Fsp3) is 0.227. The molecule has 0 radical (unpaired) electrons. The molecule has 154 valence electrons. The van der Waals surface area contributed by atoms with Crippen LogP contribution < -0.4 is 16.2 Å². The summed E-state index contributed by atoms with van der Waals surface area (Å²) in [5, 5.41) is 10.0. The SMILES string of the molecule is CC(C)c1ccc(CNc2nc3nc(CNc4cccc(Cl)c4)cc(=O)n3[nH]2)cc1. The second kappa shape index (κ2) is 8.59. The largest absolute Gasteiger partial charge is 0.379 e. The molecule has 7 nitrogen and oxygen atoms in total. The molecule has 4 aromatic rings. The van der Waals surface area contributed by atoms with Crippen molar-refractivity contribution in [3.8, 4) is 0 Å². The van der Waals surface area contributed by atoms with Crippen LogP contribution in [0.4, 0.5) is 11.6 Å². The van der Waals surface area contributed by atoms with Gasteiger partial charge in [-0.1, -0.05) is 55.8 Å². The first-order valence-electron chi connectivity index (χ1n) is 9.79. The Bertz CT molecular complexity index is 1210. The van der Waals surface area contributed by atoms with E-state index < -0.39 is 0 Å². The Balaban J connectivity index is 1.45. The highest BCUT2D eigenvalue weighted by Gasteiger charge is 2.08. The molecular formula is C22H23ClN6O. The fourth-order valence-corrected chi connectivity index (χ4v) is 3.28. The van der Waals surface area contributed by atoms with Crippen molar-refractivity contribution in [3.05, 3.63) is 86.8 Å². The van der Waals surface area contributed by atoms with Crippen molar-refractivity contribution in [2.45, 2.75) is 32.9 Å². The summed E-state index contributed by atoms with van der Waals surface area (Å²) in [5.41, 5.74) is 3.67. The van der Waals surface area contributed by atoms with Gasteiger partial charge < -0.3 is 10.6 Å². The number of hydrogen-bond donors (Lipinski definition) is 3. The van der Waals surface area contributed by atoms with Crippen LogP contribution in [-0.2, 0) is 13.1 Å². The maximum Gasteiger partial charge on any atom is 0.274 e. The van der Waals surface area contributed by atoms with Crippen molar-refractivity contribution in [2.24, 2.45) is 0 Å². The highest BCUT2D eigenvalue weighted by molar-refractivity contribution is 6.30. The highest BCUT2D eigenvalue weighted by Crippen LogP contribution is 2.16. The van der Waals surface area contributed by atoms with Gasteiger partial charge in [-0.25, -0.2) is 4.98 Å². The number of rotatable bonds is 7. The van der Waals surface area contributed by atoms with Crippen LogP contribution in [0, 0.1) is 0 Å². The number of benzene rings is 2. The number of nitrogens with one attached hydrogen (secondary N) is 3. The second-order valence-electron chi connectivity index (χ2n) is 7.41. The summed E-state index contributed by atoms with van der Waals surface area (Å²) in [6.07, 6.45) is 0. The molecule has 0 aliphatic heterocycles. The summed E-state index contributed by atoms with van der Waals surface area (Å²) in [7, 11) is 0. The molecule has 0 fully saturated rings. The minimum absolute atomic E-state index is 0.218. The standard InChI is InChI=1S/C22H23ClN6O/c1-14(2)16-8-6-15(7-9-16)12-25-21-27-22-26-19(11-20(30)29(22)28-21)13-24-18-5-3-4-17(23)10-18/h3-11,14,24H,12-13H2,1-2H3,(H2,25,26,27,28). The van der Waals surface area contributed by atoms with Gasteiger partial charge in [0.1, 0.15) is 0 Å². The number of halogens is 1. The van der Waals surface area contributed by atoms with Crippen LogP contribution in [0.5, 0.6) is 0 Å². The molecule has 0 saturated carbocycles. The van der Waals surface area contributed by atoms with Gasteiger partial charge in [-0.3, -0.25) is 9.89 Å². The molecule has 2 aromatic heterocycles. The van der Waals surface area contributed by atoms with E-state index in [4.69, 9.17) is 11.6 Å². The highest BCUT2D eigenvalue weighted by atomic mass is 35.5. The van der Waals surface area contributed by atoms with Crippen LogP contribution in [0.25, 0.3) is 5.78 Å². The first kappa shape index (κ1) is 20.0. The second-order valence-corrected chi connectivity index (χ2v) is 7.84. The first-order valence-corrected chi connectivity index (χ1v) is 10.2. The molecule has 0 spiro atoms. The number of aromatic amines is 1. The lowest BCUT2D eigenvalue weighted by molar-refractivity contribution is 0.864. The molecule has 3 N–H and O–H groups in total. The number of H-pyrrole nitrogens is 1. The average Bonchev–Trinajstić information content (AvgIpc) is 3.15. The van der Waals surface area contributed by atoms with E-state index in [1.807, 2.05) is 18.2 Å².